The Balaban J connectivity index is 1.33. The van der Waals surface area contributed by atoms with Crippen molar-refractivity contribution < 1.29 is 9.59 Å². The van der Waals surface area contributed by atoms with Gasteiger partial charge in [0.15, 0.2) is 0 Å². The molecule has 2 aromatic rings. The van der Waals surface area contributed by atoms with Crippen molar-refractivity contribution in [2.75, 3.05) is 31.1 Å². The highest BCUT2D eigenvalue weighted by Gasteiger charge is 2.47. The molecule has 26 heavy (non-hydrogen) atoms. The number of nitrogens with zero attached hydrogens (tertiary/aromatic N) is 2. The van der Waals surface area contributed by atoms with E-state index in [4.69, 9.17) is 5.73 Å². The van der Waals surface area contributed by atoms with Gasteiger partial charge in [-0.05, 0) is 54.6 Å². The molecule has 1 aromatic heterocycles. The largest absolute Gasteiger partial charge is 0.368 e. The highest BCUT2D eigenvalue weighted by atomic mass is 32.1. The van der Waals surface area contributed by atoms with Crippen molar-refractivity contribution in [1.29, 1.82) is 0 Å². The Morgan fingerprint density at radius 2 is 1.77 bits per heavy atom. The molecular formula is C20H23N3O2S. The van der Waals surface area contributed by atoms with Gasteiger partial charge in [-0.1, -0.05) is 0 Å². The summed E-state index contributed by atoms with van der Waals surface area (Å²) in [5.74, 6) is 0.508. The van der Waals surface area contributed by atoms with Gasteiger partial charge in [0.25, 0.3) is 0 Å². The lowest BCUT2D eigenvalue weighted by Gasteiger charge is -2.36. The van der Waals surface area contributed by atoms with Crippen molar-refractivity contribution in [1.82, 2.24) is 4.90 Å². The predicted molar refractivity (Wildman–Crippen MR) is 104 cm³/mol. The van der Waals surface area contributed by atoms with E-state index >= 15 is 0 Å². The van der Waals surface area contributed by atoms with Gasteiger partial charge < -0.3 is 15.5 Å². The predicted octanol–water partition coefficient (Wildman–Crippen LogP) is 2.61. The number of thiophene rings is 1. The molecule has 4 rings (SSSR count). The molecule has 6 heteroatoms. The SMILES string of the molecule is Cc1ccsc1C1CC1C(=O)N1CCN(c2ccc(C(N)=O)cc2)CC1. The van der Waals surface area contributed by atoms with E-state index < -0.39 is 5.91 Å². The van der Waals surface area contributed by atoms with E-state index in [0.717, 1.165) is 38.3 Å². The second-order valence-electron chi connectivity index (χ2n) is 7.14. The average Bonchev–Trinajstić information content (AvgIpc) is 3.34. The van der Waals surface area contributed by atoms with Crippen molar-refractivity contribution in [3.05, 3.63) is 51.7 Å². The minimum atomic E-state index is -0.410. The van der Waals surface area contributed by atoms with Crippen LogP contribution in [0.1, 0.15) is 33.1 Å². The summed E-state index contributed by atoms with van der Waals surface area (Å²) >= 11 is 1.78. The summed E-state index contributed by atoms with van der Waals surface area (Å²) in [5, 5.41) is 2.12. The van der Waals surface area contributed by atoms with Crippen LogP contribution in [0.2, 0.25) is 0 Å². The number of benzene rings is 1. The maximum absolute atomic E-state index is 12.8. The van der Waals surface area contributed by atoms with Crippen LogP contribution in [-0.4, -0.2) is 42.9 Å². The molecule has 136 valence electrons. The number of hydrogen-bond acceptors (Lipinski definition) is 4. The van der Waals surface area contributed by atoms with E-state index in [1.54, 1.807) is 23.5 Å². The first-order valence-corrected chi connectivity index (χ1v) is 9.90. The number of nitrogens with two attached hydrogens (primary N) is 1. The molecule has 5 nitrogen and oxygen atoms in total. The normalized spacial score (nSPS) is 22.3. The van der Waals surface area contributed by atoms with Crippen LogP contribution in [0.15, 0.2) is 35.7 Å². The Hall–Kier alpha value is -2.34. The van der Waals surface area contributed by atoms with Crippen molar-refractivity contribution in [3.63, 3.8) is 0 Å². The fourth-order valence-corrected chi connectivity index (χ4v) is 4.89. The third kappa shape index (κ3) is 3.21. The minimum absolute atomic E-state index is 0.175. The quantitative estimate of drug-likeness (QED) is 0.901. The van der Waals surface area contributed by atoms with Crippen LogP contribution < -0.4 is 10.6 Å². The highest BCUT2D eigenvalue weighted by molar-refractivity contribution is 7.10. The van der Waals surface area contributed by atoms with Crippen LogP contribution in [0, 0.1) is 12.8 Å². The molecule has 0 spiro atoms. The van der Waals surface area contributed by atoms with Crippen LogP contribution in [0.4, 0.5) is 5.69 Å². The molecule has 1 aliphatic heterocycles. The molecule has 1 saturated heterocycles. The van der Waals surface area contributed by atoms with Gasteiger partial charge in [-0.2, -0.15) is 0 Å². The van der Waals surface area contributed by atoms with Crippen LogP contribution in [0.3, 0.4) is 0 Å². The summed E-state index contributed by atoms with van der Waals surface area (Å²) in [7, 11) is 0. The first-order valence-electron chi connectivity index (χ1n) is 9.02. The van der Waals surface area contributed by atoms with E-state index in [2.05, 4.69) is 23.3 Å². The summed E-state index contributed by atoms with van der Waals surface area (Å²) in [5.41, 5.74) is 8.20. The fraction of sp³-hybridized carbons (Fsp3) is 0.400. The summed E-state index contributed by atoms with van der Waals surface area (Å²) in [6.45, 7) is 5.27. The third-order valence-electron chi connectivity index (χ3n) is 5.45. The molecule has 2 amide bonds. The van der Waals surface area contributed by atoms with Crippen molar-refractivity contribution >= 4 is 28.8 Å². The standard InChI is InChI=1S/C20H23N3O2S/c1-13-6-11-26-18(13)16-12-17(16)20(25)23-9-7-22(8-10-23)15-4-2-14(3-5-15)19(21)24/h2-6,11,16-17H,7-10,12H2,1H3,(H2,21,24). The minimum Gasteiger partial charge on any atom is -0.368 e. The van der Waals surface area contributed by atoms with Crippen molar-refractivity contribution in [3.8, 4) is 0 Å². The molecule has 1 saturated carbocycles. The summed E-state index contributed by atoms with van der Waals surface area (Å²) in [6, 6.07) is 9.50. The number of anilines is 1. The number of rotatable bonds is 4. The maximum Gasteiger partial charge on any atom is 0.248 e. The topological polar surface area (TPSA) is 66.6 Å². The number of piperazine rings is 1. The number of aryl methyl sites for hydroxylation is 1. The van der Waals surface area contributed by atoms with Crippen molar-refractivity contribution in [2.45, 2.75) is 19.3 Å². The fourth-order valence-electron chi connectivity index (χ4n) is 3.78. The number of hydrogen-bond donors (Lipinski definition) is 1. The van der Waals surface area contributed by atoms with Gasteiger partial charge in [-0.15, -0.1) is 11.3 Å². The van der Waals surface area contributed by atoms with Gasteiger partial charge in [0.1, 0.15) is 0 Å². The lowest BCUT2D eigenvalue weighted by molar-refractivity contribution is -0.132. The highest BCUT2D eigenvalue weighted by Crippen LogP contribution is 2.51. The van der Waals surface area contributed by atoms with Crippen LogP contribution >= 0.6 is 11.3 Å². The zero-order valence-electron chi connectivity index (χ0n) is 14.9. The van der Waals surface area contributed by atoms with E-state index in [0.29, 0.717) is 17.4 Å². The first-order chi connectivity index (χ1) is 12.5. The number of amides is 2. The maximum atomic E-state index is 12.8. The molecule has 2 fully saturated rings. The van der Waals surface area contributed by atoms with E-state index in [1.165, 1.54) is 10.4 Å². The molecular weight excluding hydrogens is 346 g/mol. The second-order valence-corrected chi connectivity index (χ2v) is 8.09. The van der Waals surface area contributed by atoms with Gasteiger partial charge in [-0.25, -0.2) is 0 Å². The van der Waals surface area contributed by atoms with Gasteiger partial charge in [0, 0.05) is 54.1 Å². The van der Waals surface area contributed by atoms with Gasteiger partial charge >= 0.3 is 0 Å². The Bertz CT molecular complexity index is 822. The molecule has 2 heterocycles. The summed E-state index contributed by atoms with van der Waals surface area (Å²) in [6.07, 6.45) is 0.995. The zero-order chi connectivity index (χ0) is 18.3. The molecule has 1 aliphatic carbocycles. The molecule has 2 atom stereocenters. The average molecular weight is 369 g/mol. The first kappa shape index (κ1) is 17.1. The lowest BCUT2D eigenvalue weighted by Crippen LogP contribution is -2.49. The van der Waals surface area contributed by atoms with Gasteiger partial charge in [0.05, 0.1) is 0 Å². The van der Waals surface area contributed by atoms with E-state index in [-0.39, 0.29) is 5.92 Å². The molecule has 1 aromatic carbocycles. The Kier molecular flexibility index (Phi) is 4.44. The Labute approximate surface area is 157 Å². The van der Waals surface area contributed by atoms with Crippen molar-refractivity contribution in [2.24, 2.45) is 11.7 Å². The van der Waals surface area contributed by atoms with Gasteiger partial charge in [0.2, 0.25) is 11.8 Å². The number of carbonyl (C=O) groups is 2. The number of carbonyl (C=O) groups excluding carboxylic acids is 2. The van der Waals surface area contributed by atoms with Gasteiger partial charge in [-0.3, -0.25) is 9.59 Å². The molecule has 0 radical (unpaired) electrons. The zero-order valence-corrected chi connectivity index (χ0v) is 15.7. The van der Waals surface area contributed by atoms with E-state index in [1.807, 2.05) is 17.0 Å². The Morgan fingerprint density at radius 3 is 2.35 bits per heavy atom. The molecule has 2 aliphatic rings. The number of primary amides is 1. The smallest absolute Gasteiger partial charge is 0.248 e. The van der Waals surface area contributed by atoms with E-state index in [9.17, 15) is 9.59 Å². The van der Waals surface area contributed by atoms with Crippen LogP contribution in [-0.2, 0) is 4.79 Å². The molecule has 0 bridgehead atoms. The lowest BCUT2D eigenvalue weighted by atomic mass is 10.1. The van der Waals surface area contributed by atoms with Crippen LogP contribution in [0.25, 0.3) is 0 Å². The molecule has 2 unspecified atom stereocenters. The monoisotopic (exact) mass is 369 g/mol. The Morgan fingerprint density at radius 1 is 1.08 bits per heavy atom. The molecule has 2 N–H and O–H groups in total. The summed E-state index contributed by atoms with van der Waals surface area (Å²) in [4.78, 5) is 29.6. The summed E-state index contributed by atoms with van der Waals surface area (Å²) < 4.78 is 0. The third-order valence-corrected chi connectivity index (χ3v) is 6.61. The van der Waals surface area contributed by atoms with Crippen LogP contribution in [0.5, 0.6) is 0 Å². The second kappa shape index (κ2) is 6.76.